The van der Waals surface area contributed by atoms with E-state index in [0.717, 1.165) is 12.1 Å². The molecule has 1 saturated carbocycles. The van der Waals surface area contributed by atoms with Crippen LogP contribution in [0.15, 0.2) is 17.0 Å². The van der Waals surface area contributed by atoms with E-state index in [2.05, 4.69) is 4.72 Å². The molecular formula is C12H16F2N2O3S. The van der Waals surface area contributed by atoms with Gasteiger partial charge in [-0.2, -0.15) is 0 Å². The van der Waals surface area contributed by atoms with E-state index >= 15 is 0 Å². The molecule has 2 rings (SSSR count). The Kier molecular flexibility index (Phi) is 3.52. The summed E-state index contributed by atoms with van der Waals surface area (Å²) in [5, 5.41) is 9.57. The standard InChI is InChI=1S/C12H16F2N2O3S/c1-12(2)8(5-9(12)17)16-20(18,19)7-4-3-6(13)11(15)10(7)14/h3-4,8-9,16-17H,5,15H2,1-2H3. The van der Waals surface area contributed by atoms with Crippen LogP contribution in [0.5, 0.6) is 0 Å². The first-order valence-electron chi connectivity index (χ1n) is 6.01. The molecule has 2 atom stereocenters. The van der Waals surface area contributed by atoms with Crippen molar-refractivity contribution in [2.45, 2.75) is 37.3 Å². The predicted octanol–water partition coefficient (Wildman–Crippen LogP) is 0.985. The first kappa shape index (κ1) is 15.1. The molecule has 2 unspecified atom stereocenters. The summed E-state index contributed by atoms with van der Waals surface area (Å²) in [4.78, 5) is -0.700. The van der Waals surface area contributed by atoms with E-state index in [1.54, 1.807) is 13.8 Å². The maximum absolute atomic E-state index is 13.8. The van der Waals surface area contributed by atoms with Crippen molar-refractivity contribution in [3.8, 4) is 0 Å². The van der Waals surface area contributed by atoms with Crippen LogP contribution in [0, 0.1) is 17.0 Å². The molecule has 0 bridgehead atoms. The van der Waals surface area contributed by atoms with Gasteiger partial charge < -0.3 is 10.8 Å². The minimum Gasteiger partial charge on any atom is -0.394 e. The summed E-state index contributed by atoms with van der Waals surface area (Å²) in [6.45, 7) is 3.40. The van der Waals surface area contributed by atoms with Crippen molar-refractivity contribution < 1.29 is 22.3 Å². The molecular weight excluding hydrogens is 290 g/mol. The van der Waals surface area contributed by atoms with Gasteiger partial charge in [0.25, 0.3) is 0 Å². The van der Waals surface area contributed by atoms with E-state index in [4.69, 9.17) is 5.73 Å². The van der Waals surface area contributed by atoms with E-state index in [1.807, 2.05) is 0 Å². The second-order valence-electron chi connectivity index (χ2n) is 5.52. The molecule has 1 aliphatic carbocycles. The topological polar surface area (TPSA) is 92.4 Å². The summed E-state index contributed by atoms with van der Waals surface area (Å²) in [5.41, 5.74) is 3.67. The third kappa shape index (κ3) is 2.27. The summed E-state index contributed by atoms with van der Waals surface area (Å²) in [6, 6.07) is 1.10. The Morgan fingerprint density at radius 3 is 2.50 bits per heavy atom. The molecule has 0 amide bonds. The lowest BCUT2D eigenvalue weighted by atomic mass is 9.65. The fraction of sp³-hybridized carbons (Fsp3) is 0.500. The molecule has 1 aromatic rings. The number of rotatable bonds is 3. The number of hydrogen-bond acceptors (Lipinski definition) is 4. The zero-order valence-electron chi connectivity index (χ0n) is 11.0. The summed E-state index contributed by atoms with van der Waals surface area (Å²) in [7, 11) is -4.17. The van der Waals surface area contributed by atoms with E-state index in [-0.39, 0.29) is 6.42 Å². The van der Waals surface area contributed by atoms with Gasteiger partial charge in [-0.15, -0.1) is 0 Å². The summed E-state index contributed by atoms with van der Waals surface area (Å²) in [5.74, 6) is -2.32. The van der Waals surface area contributed by atoms with Gasteiger partial charge in [-0.05, 0) is 18.6 Å². The molecule has 8 heteroatoms. The highest BCUT2D eigenvalue weighted by Crippen LogP contribution is 2.41. The van der Waals surface area contributed by atoms with Crippen LogP contribution in [0.25, 0.3) is 0 Å². The predicted molar refractivity (Wildman–Crippen MR) is 69.3 cm³/mol. The first-order valence-corrected chi connectivity index (χ1v) is 7.49. The number of anilines is 1. The smallest absolute Gasteiger partial charge is 0.243 e. The molecule has 0 spiro atoms. The lowest BCUT2D eigenvalue weighted by molar-refractivity contribution is -0.0645. The monoisotopic (exact) mass is 306 g/mol. The zero-order valence-corrected chi connectivity index (χ0v) is 11.8. The number of sulfonamides is 1. The minimum absolute atomic E-state index is 0.241. The van der Waals surface area contributed by atoms with Crippen LogP contribution >= 0.6 is 0 Å². The van der Waals surface area contributed by atoms with Crippen LogP contribution in [0.2, 0.25) is 0 Å². The quantitative estimate of drug-likeness (QED) is 0.726. The Morgan fingerprint density at radius 1 is 1.40 bits per heavy atom. The third-order valence-electron chi connectivity index (χ3n) is 3.89. The number of nitrogens with two attached hydrogens (primary N) is 1. The molecule has 0 saturated heterocycles. The molecule has 0 aromatic heterocycles. The highest BCUT2D eigenvalue weighted by atomic mass is 32.2. The van der Waals surface area contributed by atoms with Crippen LogP contribution < -0.4 is 10.5 Å². The van der Waals surface area contributed by atoms with Gasteiger partial charge in [0.15, 0.2) is 5.82 Å². The first-order chi connectivity index (χ1) is 9.07. The fourth-order valence-corrected chi connectivity index (χ4v) is 3.60. The molecule has 5 nitrogen and oxygen atoms in total. The number of aliphatic hydroxyl groups is 1. The van der Waals surface area contributed by atoms with Gasteiger partial charge in [0.2, 0.25) is 10.0 Å². The van der Waals surface area contributed by atoms with E-state index < -0.39 is 49.8 Å². The Morgan fingerprint density at radius 2 is 2.00 bits per heavy atom. The van der Waals surface area contributed by atoms with Gasteiger partial charge in [-0.3, -0.25) is 0 Å². The van der Waals surface area contributed by atoms with Crippen molar-refractivity contribution in [1.29, 1.82) is 0 Å². The molecule has 4 N–H and O–H groups in total. The number of nitrogens with one attached hydrogen (secondary N) is 1. The van der Waals surface area contributed by atoms with Gasteiger partial charge in [0.1, 0.15) is 16.4 Å². The number of benzene rings is 1. The van der Waals surface area contributed by atoms with Gasteiger partial charge in [-0.1, -0.05) is 13.8 Å². The van der Waals surface area contributed by atoms with Crippen molar-refractivity contribution in [2.24, 2.45) is 5.41 Å². The summed E-state index contributed by atoms with van der Waals surface area (Å²) < 4.78 is 53.3. The second-order valence-corrected chi connectivity index (χ2v) is 7.20. The van der Waals surface area contributed by atoms with Crippen LogP contribution in [-0.2, 0) is 10.0 Å². The second kappa shape index (κ2) is 4.64. The number of nitrogen functional groups attached to an aromatic ring is 1. The van der Waals surface area contributed by atoms with Crippen LogP contribution in [-0.4, -0.2) is 25.7 Å². The Bertz CT molecular complexity index is 646. The number of aliphatic hydroxyl groups excluding tert-OH is 1. The van der Waals surface area contributed by atoms with Crippen molar-refractivity contribution in [3.05, 3.63) is 23.8 Å². The van der Waals surface area contributed by atoms with Gasteiger partial charge in [0, 0.05) is 11.5 Å². The average Bonchev–Trinajstić information content (AvgIpc) is 2.35. The fourth-order valence-electron chi connectivity index (χ4n) is 2.11. The molecule has 0 aliphatic heterocycles. The highest BCUT2D eigenvalue weighted by molar-refractivity contribution is 7.89. The van der Waals surface area contributed by atoms with Crippen LogP contribution in [0.1, 0.15) is 20.3 Å². The maximum Gasteiger partial charge on any atom is 0.243 e. The summed E-state index contributed by atoms with van der Waals surface area (Å²) in [6.07, 6.45) is -0.386. The lowest BCUT2D eigenvalue weighted by Crippen LogP contribution is -2.61. The van der Waals surface area contributed by atoms with Crippen LogP contribution in [0.4, 0.5) is 14.5 Å². The molecule has 0 heterocycles. The highest BCUT2D eigenvalue weighted by Gasteiger charge is 2.49. The zero-order chi connectivity index (χ0) is 15.3. The Hall–Kier alpha value is -1.25. The normalized spacial score (nSPS) is 25.2. The Labute approximate surface area is 115 Å². The summed E-state index contributed by atoms with van der Waals surface area (Å²) >= 11 is 0. The molecule has 1 fully saturated rings. The van der Waals surface area contributed by atoms with Gasteiger partial charge >= 0.3 is 0 Å². The molecule has 1 aromatic carbocycles. The van der Waals surface area contributed by atoms with Gasteiger partial charge in [-0.25, -0.2) is 21.9 Å². The average molecular weight is 306 g/mol. The molecule has 112 valence electrons. The largest absolute Gasteiger partial charge is 0.394 e. The SMILES string of the molecule is CC1(C)C(O)CC1NS(=O)(=O)c1ccc(F)c(N)c1F. The van der Waals surface area contributed by atoms with Crippen molar-refractivity contribution >= 4 is 15.7 Å². The Balaban J connectivity index is 2.31. The molecule has 1 aliphatic rings. The van der Waals surface area contributed by atoms with Crippen LogP contribution in [0.3, 0.4) is 0 Å². The third-order valence-corrected chi connectivity index (χ3v) is 5.38. The molecule has 20 heavy (non-hydrogen) atoms. The molecule has 0 radical (unpaired) electrons. The lowest BCUT2D eigenvalue weighted by Gasteiger charge is -2.49. The van der Waals surface area contributed by atoms with E-state index in [1.165, 1.54) is 0 Å². The van der Waals surface area contributed by atoms with Crippen molar-refractivity contribution in [2.75, 3.05) is 5.73 Å². The number of halogens is 2. The minimum atomic E-state index is -4.17. The van der Waals surface area contributed by atoms with Crippen molar-refractivity contribution in [3.63, 3.8) is 0 Å². The van der Waals surface area contributed by atoms with E-state index in [0.29, 0.717) is 0 Å². The number of hydrogen-bond donors (Lipinski definition) is 3. The van der Waals surface area contributed by atoms with Gasteiger partial charge in [0.05, 0.1) is 6.10 Å². The maximum atomic E-state index is 13.8. The van der Waals surface area contributed by atoms with Crippen molar-refractivity contribution in [1.82, 2.24) is 4.72 Å². The van der Waals surface area contributed by atoms with E-state index in [9.17, 15) is 22.3 Å².